The molecule has 0 radical (unpaired) electrons. The van der Waals surface area contributed by atoms with E-state index in [1.807, 2.05) is 6.92 Å². The number of carbonyl (C=O) groups excluding carboxylic acids is 1. The van der Waals surface area contributed by atoms with E-state index in [1.165, 1.54) is 10.7 Å². The topological polar surface area (TPSA) is 77.1 Å². The fourth-order valence-electron chi connectivity index (χ4n) is 2.18. The Hall–Kier alpha value is -2.77. The van der Waals surface area contributed by atoms with E-state index in [2.05, 4.69) is 20.4 Å². The van der Waals surface area contributed by atoms with Crippen molar-refractivity contribution in [2.24, 2.45) is 7.05 Å². The molecule has 0 unspecified atom stereocenters. The third kappa shape index (κ3) is 2.54. The molecule has 7 nitrogen and oxygen atoms in total. The van der Waals surface area contributed by atoms with Crippen molar-refractivity contribution in [2.75, 3.05) is 6.54 Å². The Morgan fingerprint density at radius 1 is 1.45 bits per heavy atom. The van der Waals surface area contributed by atoms with E-state index in [1.54, 1.807) is 30.1 Å². The van der Waals surface area contributed by atoms with Gasteiger partial charge in [-0.15, -0.1) is 0 Å². The molecule has 0 spiro atoms. The van der Waals surface area contributed by atoms with E-state index in [9.17, 15) is 9.18 Å². The van der Waals surface area contributed by atoms with Crippen molar-refractivity contribution in [3.8, 4) is 0 Å². The van der Waals surface area contributed by atoms with Crippen LogP contribution in [0.4, 0.5) is 4.39 Å². The smallest absolute Gasteiger partial charge is 0.274 e. The number of aromatic nitrogens is 5. The quantitative estimate of drug-likeness (QED) is 0.776. The monoisotopic (exact) mass is 302 g/mol. The number of halogens is 1. The molecule has 0 saturated carbocycles. The largest absolute Gasteiger partial charge is 0.350 e. The second-order valence-corrected chi connectivity index (χ2v) is 4.99. The van der Waals surface area contributed by atoms with Crippen molar-refractivity contribution in [2.45, 2.75) is 13.3 Å². The van der Waals surface area contributed by atoms with Crippen LogP contribution in [-0.2, 0) is 13.5 Å². The molecule has 0 aliphatic rings. The number of pyridine rings is 1. The molecule has 0 aromatic carbocycles. The van der Waals surface area contributed by atoms with E-state index in [0.29, 0.717) is 18.6 Å². The molecule has 3 heterocycles. The summed E-state index contributed by atoms with van der Waals surface area (Å²) in [7, 11) is 1.77. The molecule has 114 valence electrons. The van der Waals surface area contributed by atoms with Crippen molar-refractivity contribution in [1.29, 1.82) is 0 Å². The van der Waals surface area contributed by atoms with Crippen molar-refractivity contribution >= 4 is 11.6 Å². The van der Waals surface area contributed by atoms with Gasteiger partial charge in [0.1, 0.15) is 17.8 Å². The average molecular weight is 302 g/mol. The molecule has 0 bridgehead atoms. The number of imidazole rings is 1. The van der Waals surface area contributed by atoms with E-state index < -0.39 is 11.9 Å². The van der Waals surface area contributed by atoms with Gasteiger partial charge < -0.3 is 5.32 Å². The number of aryl methyl sites for hydroxylation is 2. The zero-order valence-electron chi connectivity index (χ0n) is 12.2. The van der Waals surface area contributed by atoms with Gasteiger partial charge in [-0.3, -0.25) is 13.9 Å². The highest BCUT2D eigenvalue weighted by atomic mass is 19.1. The molecule has 1 N–H and O–H groups in total. The number of carbonyl (C=O) groups is 1. The Labute approximate surface area is 125 Å². The third-order valence-electron chi connectivity index (χ3n) is 3.38. The van der Waals surface area contributed by atoms with Crippen molar-refractivity contribution in [3.05, 3.63) is 47.7 Å². The average Bonchev–Trinajstić information content (AvgIpc) is 3.03. The van der Waals surface area contributed by atoms with Gasteiger partial charge in [0, 0.05) is 26.2 Å². The SMILES string of the molecule is Cc1ccn2c(F)c(C(=O)NCCc3ncnn3C)nc2c1. The van der Waals surface area contributed by atoms with Crippen LogP contribution in [0.25, 0.3) is 5.65 Å². The van der Waals surface area contributed by atoms with Gasteiger partial charge in [0.15, 0.2) is 5.69 Å². The maximum Gasteiger partial charge on any atom is 0.274 e. The molecule has 3 aromatic rings. The zero-order valence-corrected chi connectivity index (χ0v) is 12.2. The summed E-state index contributed by atoms with van der Waals surface area (Å²) in [6.07, 6.45) is 3.51. The Kier molecular flexibility index (Phi) is 3.58. The van der Waals surface area contributed by atoms with Crippen molar-refractivity contribution in [1.82, 2.24) is 29.5 Å². The lowest BCUT2D eigenvalue weighted by molar-refractivity contribution is 0.0945. The Bertz CT molecular complexity index is 837. The standard InChI is InChI=1S/C14H15FN6O/c1-9-4-6-21-11(7-9)19-12(13(21)15)14(22)16-5-3-10-17-8-18-20(10)2/h4,6-8H,3,5H2,1-2H3,(H,16,22). The highest BCUT2D eigenvalue weighted by molar-refractivity contribution is 5.93. The van der Waals surface area contributed by atoms with Gasteiger partial charge in [-0.1, -0.05) is 0 Å². The predicted octanol–water partition coefficient (Wildman–Crippen LogP) is 0.883. The number of hydrogen-bond acceptors (Lipinski definition) is 4. The molecule has 0 aliphatic carbocycles. The Morgan fingerprint density at radius 2 is 2.27 bits per heavy atom. The normalized spacial score (nSPS) is 11.0. The van der Waals surface area contributed by atoms with Crippen LogP contribution in [0.2, 0.25) is 0 Å². The van der Waals surface area contributed by atoms with Crippen LogP contribution in [0, 0.1) is 12.9 Å². The molecular weight excluding hydrogens is 287 g/mol. The van der Waals surface area contributed by atoms with Gasteiger partial charge in [-0.2, -0.15) is 9.49 Å². The number of amides is 1. The second-order valence-electron chi connectivity index (χ2n) is 4.99. The molecule has 0 aliphatic heterocycles. The number of rotatable bonds is 4. The van der Waals surface area contributed by atoms with Crippen molar-refractivity contribution in [3.63, 3.8) is 0 Å². The first-order valence-corrected chi connectivity index (χ1v) is 6.81. The first-order chi connectivity index (χ1) is 10.6. The Morgan fingerprint density at radius 3 is 3.00 bits per heavy atom. The van der Waals surface area contributed by atoms with E-state index in [-0.39, 0.29) is 5.69 Å². The summed E-state index contributed by atoms with van der Waals surface area (Å²) in [6, 6.07) is 3.48. The molecule has 0 saturated heterocycles. The maximum absolute atomic E-state index is 14.2. The highest BCUT2D eigenvalue weighted by Gasteiger charge is 2.18. The fourth-order valence-corrected chi connectivity index (χ4v) is 2.18. The van der Waals surface area contributed by atoms with E-state index in [0.717, 1.165) is 11.4 Å². The molecule has 3 rings (SSSR count). The lowest BCUT2D eigenvalue weighted by Gasteiger charge is -2.02. The van der Waals surface area contributed by atoms with Gasteiger partial charge in [0.05, 0.1) is 0 Å². The minimum atomic E-state index is -0.661. The van der Waals surface area contributed by atoms with E-state index in [4.69, 9.17) is 0 Å². The van der Waals surface area contributed by atoms with Gasteiger partial charge in [0.2, 0.25) is 5.95 Å². The van der Waals surface area contributed by atoms with Crippen LogP contribution in [0.3, 0.4) is 0 Å². The number of hydrogen-bond donors (Lipinski definition) is 1. The van der Waals surface area contributed by atoms with Crippen molar-refractivity contribution < 1.29 is 9.18 Å². The van der Waals surface area contributed by atoms with Crippen LogP contribution in [0.15, 0.2) is 24.7 Å². The van der Waals surface area contributed by atoms with Crippen LogP contribution in [0.5, 0.6) is 0 Å². The molecule has 22 heavy (non-hydrogen) atoms. The molecule has 0 fully saturated rings. The van der Waals surface area contributed by atoms with Gasteiger partial charge in [0.25, 0.3) is 5.91 Å². The minimum absolute atomic E-state index is 0.205. The third-order valence-corrected chi connectivity index (χ3v) is 3.38. The molecule has 1 amide bonds. The molecule has 8 heteroatoms. The van der Waals surface area contributed by atoms with Crippen LogP contribution in [0.1, 0.15) is 21.9 Å². The first-order valence-electron chi connectivity index (χ1n) is 6.81. The summed E-state index contributed by atoms with van der Waals surface area (Å²) in [5.74, 6) is -0.460. The maximum atomic E-state index is 14.2. The second kappa shape index (κ2) is 5.55. The van der Waals surface area contributed by atoms with E-state index >= 15 is 0 Å². The van der Waals surface area contributed by atoms with Gasteiger partial charge in [-0.25, -0.2) is 9.97 Å². The Balaban J connectivity index is 1.72. The zero-order chi connectivity index (χ0) is 15.7. The van der Waals surface area contributed by atoms with Crippen LogP contribution in [-0.4, -0.2) is 36.6 Å². The van der Waals surface area contributed by atoms with Crippen LogP contribution >= 0.6 is 0 Å². The molecule has 0 atom stereocenters. The number of nitrogens with one attached hydrogen (secondary N) is 1. The van der Waals surface area contributed by atoms with Crippen LogP contribution < -0.4 is 5.32 Å². The summed E-state index contributed by atoms with van der Waals surface area (Å²) in [5.41, 5.74) is 1.16. The summed E-state index contributed by atoms with van der Waals surface area (Å²) in [5, 5.41) is 6.59. The summed E-state index contributed by atoms with van der Waals surface area (Å²) in [4.78, 5) is 20.2. The van der Waals surface area contributed by atoms with Gasteiger partial charge in [-0.05, 0) is 24.6 Å². The number of fused-ring (bicyclic) bond motifs is 1. The minimum Gasteiger partial charge on any atom is -0.350 e. The first kappa shape index (κ1) is 14.2. The molecule has 3 aromatic heterocycles. The number of nitrogens with zero attached hydrogens (tertiary/aromatic N) is 5. The summed E-state index contributed by atoms with van der Waals surface area (Å²) in [6.45, 7) is 2.21. The molecular formula is C14H15FN6O. The predicted molar refractivity (Wildman–Crippen MR) is 76.9 cm³/mol. The lowest BCUT2D eigenvalue weighted by Crippen LogP contribution is -2.27. The lowest BCUT2D eigenvalue weighted by atomic mass is 10.3. The summed E-state index contributed by atoms with van der Waals surface area (Å²) >= 11 is 0. The fraction of sp³-hybridized carbons (Fsp3) is 0.286. The van der Waals surface area contributed by atoms with Gasteiger partial charge >= 0.3 is 0 Å². The summed E-state index contributed by atoms with van der Waals surface area (Å²) < 4.78 is 17.1. The highest BCUT2D eigenvalue weighted by Crippen LogP contribution is 2.12.